The molecule has 3 N–H and O–H groups in total. The normalized spacial score (nSPS) is 17.9. The number of rotatable bonds is 6. The van der Waals surface area contributed by atoms with Crippen LogP contribution in [-0.2, 0) is 0 Å². The second-order valence-corrected chi connectivity index (χ2v) is 12.3. The first-order valence-electron chi connectivity index (χ1n) is 11.4. The van der Waals surface area contributed by atoms with Crippen LogP contribution in [0.5, 0.6) is 5.75 Å². The smallest absolute Gasteiger partial charge is 0.387 e. The number of hydrogen-bond donors (Lipinski definition) is 3. The number of amides is 1. The van der Waals surface area contributed by atoms with E-state index < -0.39 is 34.3 Å². The summed E-state index contributed by atoms with van der Waals surface area (Å²) in [6.07, 6.45) is 0.816. The van der Waals surface area contributed by atoms with E-state index in [4.69, 9.17) is 11.6 Å². The summed E-state index contributed by atoms with van der Waals surface area (Å²) < 4.78 is 52.6. The van der Waals surface area contributed by atoms with Crippen molar-refractivity contribution in [2.24, 2.45) is 0 Å². The molecule has 0 bridgehead atoms. The molecule has 1 aromatic heterocycles. The number of nitrogens with zero attached hydrogens (tertiary/aromatic N) is 2. The Kier molecular flexibility index (Phi) is 7.13. The lowest BCUT2D eigenvalue weighted by Crippen LogP contribution is -2.50. The average molecular weight is 544 g/mol. The molecule has 2 aromatic carbocycles. The third kappa shape index (κ3) is 5.24. The van der Waals surface area contributed by atoms with Crippen molar-refractivity contribution in [3.8, 4) is 11.4 Å². The third-order valence-corrected chi connectivity index (χ3v) is 8.43. The number of hydrogen-bond acceptors (Lipinski definition) is 5. The van der Waals surface area contributed by atoms with Crippen molar-refractivity contribution in [2.45, 2.75) is 51.8 Å². The molecule has 0 atom stereocenters. The summed E-state index contributed by atoms with van der Waals surface area (Å²) in [7, 11) is -2.61. The predicted octanol–water partition coefficient (Wildman–Crippen LogP) is 5.66. The van der Waals surface area contributed by atoms with Crippen LogP contribution in [0.4, 0.5) is 8.78 Å². The van der Waals surface area contributed by atoms with Gasteiger partial charge in [0.15, 0.2) is 0 Å². The summed E-state index contributed by atoms with van der Waals surface area (Å²) >= 11 is 6.52. The van der Waals surface area contributed by atoms with E-state index in [9.17, 15) is 27.5 Å². The molecular weight excluding hydrogens is 516 g/mol. The fraction of sp³-hybridized carbons (Fsp3) is 0.417. The first-order chi connectivity index (χ1) is 16.8. The van der Waals surface area contributed by atoms with Gasteiger partial charge in [-0.2, -0.15) is 19.4 Å². The summed E-state index contributed by atoms with van der Waals surface area (Å²) in [6, 6.07) is 8.56. The first kappa shape index (κ1) is 26.5. The largest absolute Gasteiger partial charge is 0.435 e. The molecule has 1 amide bonds. The van der Waals surface area contributed by atoms with E-state index in [1.807, 2.05) is 20.8 Å². The molecule has 1 saturated heterocycles. The van der Waals surface area contributed by atoms with Crippen LogP contribution in [0.1, 0.15) is 50.0 Å². The van der Waals surface area contributed by atoms with Gasteiger partial charge in [0.1, 0.15) is 5.75 Å². The van der Waals surface area contributed by atoms with Gasteiger partial charge in [-0.15, -0.1) is 0 Å². The summed E-state index contributed by atoms with van der Waals surface area (Å²) in [5.74, 6) is -0.119. The van der Waals surface area contributed by atoms with Crippen molar-refractivity contribution >= 4 is 39.1 Å². The van der Waals surface area contributed by atoms with Crippen molar-refractivity contribution in [1.29, 1.82) is 0 Å². The van der Waals surface area contributed by atoms with Crippen LogP contribution >= 0.6 is 22.2 Å². The Labute approximate surface area is 213 Å². The molecule has 1 aliphatic rings. The topological polar surface area (TPSA) is 106 Å². The van der Waals surface area contributed by atoms with Crippen molar-refractivity contribution < 1.29 is 27.4 Å². The Bertz CT molecular complexity index is 1360. The maximum atomic E-state index is 13.4. The number of carbonyl (C=O) groups excluding carboxylic acids is 1. The van der Waals surface area contributed by atoms with Crippen LogP contribution in [0.25, 0.3) is 16.7 Å². The SMILES string of the molecule is CC(C)n1c(=O)n(-c2cccc(OC(F)F)c2)c2cc(Cl)c(C(=O)NC3(C)CCS(O)(O)CC3)cc21. The molecule has 4 rings (SSSR count). The van der Waals surface area contributed by atoms with E-state index in [0.29, 0.717) is 29.6 Å². The molecular formula is C24H28ClF2N3O5S. The molecule has 3 aromatic rings. The summed E-state index contributed by atoms with van der Waals surface area (Å²) in [4.78, 5) is 26.7. The summed E-state index contributed by atoms with van der Waals surface area (Å²) in [5, 5.41) is 3.08. The summed E-state index contributed by atoms with van der Waals surface area (Å²) in [6.45, 7) is 2.47. The number of ether oxygens (including phenoxy) is 1. The standard InChI is InChI=1S/C24H28ClF2N3O5S/c1-14(2)29-19-12-17(21(31)28-24(3)7-9-36(33,34)10-8-24)18(25)13-20(19)30(23(29)32)15-5-4-6-16(11-15)35-22(26)27/h4-6,11-14,22,33-34H,7-10H2,1-3H3,(H,28,31). The van der Waals surface area contributed by atoms with Crippen molar-refractivity contribution in [3.05, 3.63) is 57.5 Å². The Morgan fingerprint density at radius 1 is 1.17 bits per heavy atom. The first-order valence-corrected chi connectivity index (χ1v) is 13.6. The minimum atomic E-state index is -3.01. The molecule has 0 spiro atoms. The molecule has 2 heterocycles. The van der Waals surface area contributed by atoms with E-state index >= 15 is 0 Å². The molecule has 0 unspecified atom stereocenters. The Morgan fingerprint density at radius 2 is 1.83 bits per heavy atom. The van der Waals surface area contributed by atoms with Gasteiger partial charge in [0.25, 0.3) is 5.91 Å². The second kappa shape index (κ2) is 9.70. The molecule has 36 heavy (non-hydrogen) atoms. The van der Waals surface area contributed by atoms with Gasteiger partial charge in [-0.05, 0) is 57.9 Å². The van der Waals surface area contributed by atoms with Crippen molar-refractivity contribution in [3.63, 3.8) is 0 Å². The van der Waals surface area contributed by atoms with Crippen LogP contribution in [0.2, 0.25) is 5.02 Å². The van der Waals surface area contributed by atoms with Gasteiger partial charge in [-0.25, -0.2) is 4.79 Å². The van der Waals surface area contributed by atoms with Gasteiger partial charge in [0.2, 0.25) is 0 Å². The number of aromatic nitrogens is 2. The van der Waals surface area contributed by atoms with Crippen LogP contribution in [-0.4, -0.2) is 47.8 Å². The molecule has 12 heteroatoms. The highest BCUT2D eigenvalue weighted by Gasteiger charge is 2.35. The highest BCUT2D eigenvalue weighted by molar-refractivity contribution is 8.24. The Hall–Kier alpha value is -2.60. The number of halogens is 3. The molecule has 1 fully saturated rings. The number of fused-ring (bicyclic) bond motifs is 1. The highest BCUT2D eigenvalue weighted by Crippen LogP contribution is 2.47. The molecule has 0 saturated carbocycles. The molecule has 8 nitrogen and oxygen atoms in total. The number of alkyl halides is 2. The summed E-state index contributed by atoms with van der Waals surface area (Å²) in [5.41, 5.74) is 0.280. The lowest BCUT2D eigenvalue weighted by molar-refractivity contribution is -0.0498. The van der Waals surface area contributed by atoms with E-state index in [2.05, 4.69) is 10.1 Å². The average Bonchev–Trinajstić information content (AvgIpc) is 3.06. The zero-order valence-electron chi connectivity index (χ0n) is 20.0. The van der Waals surface area contributed by atoms with Gasteiger partial charge in [-0.1, -0.05) is 17.7 Å². The van der Waals surface area contributed by atoms with E-state index in [1.54, 1.807) is 12.1 Å². The Balaban J connectivity index is 1.78. The Morgan fingerprint density at radius 3 is 2.44 bits per heavy atom. The van der Waals surface area contributed by atoms with Gasteiger partial charge in [-0.3, -0.25) is 23.0 Å². The molecule has 196 valence electrons. The van der Waals surface area contributed by atoms with E-state index in [1.165, 1.54) is 33.4 Å². The molecule has 1 aliphatic heterocycles. The number of benzene rings is 2. The van der Waals surface area contributed by atoms with Gasteiger partial charge < -0.3 is 10.1 Å². The van der Waals surface area contributed by atoms with Gasteiger partial charge in [0, 0.05) is 29.2 Å². The maximum Gasteiger partial charge on any atom is 0.387 e. The molecule has 0 radical (unpaired) electrons. The zero-order chi connectivity index (χ0) is 26.4. The second-order valence-electron chi connectivity index (χ2n) is 9.50. The van der Waals surface area contributed by atoms with Crippen LogP contribution in [0.15, 0.2) is 41.2 Å². The number of imidazole rings is 1. The van der Waals surface area contributed by atoms with Gasteiger partial charge >= 0.3 is 12.3 Å². The van der Waals surface area contributed by atoms with E-state index in [0.717, 1.165) is 0 Å². The lowest BCUT2D eigenvalue weighted by Gasteiger charge is -2.44. The van der Waals surface area contributed by atoms with Crippen LogP contribution in [0.3, 0.4) is 0 Å². The minimum absolute atomic E-state index is 0.0979. The third-order valence-electron chi connectivity index (χ3n) is 6.40. The number of nitrogens with one attached hydrogen (secondary N) is 1. The lowest BCUT2D eigenvalue weighted by atomic mass is 9.94. The monoisotopic (exact) mass is 543 g/mol. The van der Waals surface area contributed by atoms with Crippen LogP contribution < -0.4 is 15.7 Å². The highest BCUT2D eigenvalue weighted by atomic mass is 35.5. The van der Waals surface area contributed by atoms with Crippen molar-refractivity contribution in [1.82, 2.24) is 14.5 Å². The quantitative estimate of drug-likeness (QED) is 0.372. The van der Waals surface area contributed by atoms with Crippen LogP contribution in [0, 0.1) is 0 Å². The zero-order valence-corrected chi connectivity index (χ0v) is 21.6. The van der Waals surface area contributed by atoms with E-state index in [-0.39, 0.29) is 33.9 Å². The predicted molar refractivity (Wildman–Crippen MR) is 137 cm³/mol. The minimum Gasteiger partial charge on any atom is -0.435 e. The fourth-order valence-electron chi connectivity index (χ4n) is 4.43. The van der Waals surface area contributed by atoms with Crippen molar-refractivity contribution in [2.75, 3.05) is 11.5 Å². The fourth-order valence-corrected chi connectivity index (χ4v) is 6.43. The molecule has 0 aliphatic carbocycles. The maximum absolute atomic E-state index is 13.4. The van der Waals surface area contributed by atoms with Gasteiger partial charge in [0.05, 0.1) is 27.3 Å². The number of carbonyl (C=O) groups is 1.